The Morgan fingerprint density at radius 2 is 2.00 bits per heavy atom. The lowest BCUT2D eigenvalue weighted by Crippen LogP contribution is -2.21. The molecular weight excluding hydrogens is 277 g/mol. The summed E-state index contributed by atoms with van der Waals surface area (Å²) in [4.78, 5) is 2.14. The van der Waals surface area contributed by atoms with Crippen molar-refractivity contribution < 1.29 is 9.13 Å². The molecule has 1 aromatic heterocycles. The maximum Gasteiger partial charge on any atom is 0.294 e. The van der Waals surface area contributed by atoms with E-state index in [4.69, 9.17) is 4.74 Å². The highest BCUT2D eigenvalue weighted by atomic mass is 32.1. The van der Waals surface area contributed by atoms with Gasteiger partial charge in [-0.15, -0.1) is 10.2 Å². The molecule has 2 aromatic rings. The van der Waals surface area contributed by atoms with Crippen molar-refractivity contribution in [2.24, 2.45) is 0 Å². The molecule has 0 spiro atoms. The molecule has 0 aliphatic rings. The first-order valence-corrected chi connectivity index (χ1v) is 7.32. The SMILES string of the molecule is CCOc1nnc(CN(C)[C@H](C)c2ccc(F)cc2)s1. The van der Waals surface area contributed by atoms with E-state index in [9.17, 15) is 4.39 Å². The number of ether oxygens (including phenoxy) is 1. The second-order valence-electron chi connectivity index (χ2n) is 4.54. The van der Waals surface area contributed by atoms with Gasteiger partial charge in [0.15, 0.2) is 0 Å². The Morgan fingerprint density at radius 1 is 1.30 bits per heavy atom. The van der Waals surface area contributed by atoms with Gasteiger partial charge in [-0.3, -0.25) is 4.90 Å². The second-order valence-corrected chi connectivity index (χ2v) is 5.56. The van der Waals surface area contributed by atoms with Gasteiger partial charge in [0.1, 0.15) is 10.8 Å². The molecule has 1 aromatic carbocycles. The van der Waals surface area contributed by atoms with Crippen LogP contribution in [0.5, 0.6) is 5.19 Å². The Kier molecular flexibility index (Phi) is 5.03. The maximum atomic E-state index is 12.9. The van der Waals surface area contributed by atoms with Crippen LogP contribution in [0, 0.1) is 5.82 Å². The molecule has 1 atom stereocenters. The van der Waals surface area contributed by atoms with Crippen molar-refractivity contribution in [3.8, 4) is 5.19 Å². The number of hydrogen-bond acceptors (Lipinski definition) is 5. The minimum atomic E-state index is -0.214. The Morgan fingerprint density at radius 3 is 2.65 bits per heavy atom. The molecule has 0 saturated heterocycles. The summed E-state index contributed by atoms with van der Waals surface area (Å²) in [7, 11) is 2.01. The van der Waals surface area contributed by atoms with Gasteiger partial charge in [-0.25, -0.2) is 4.39 Å². The van der Waals surface area contributed by atoms with Crippen LogP contribution in [0.15, 0.2) is 24.3 Å². The highest BCUT2D eigenvalue weighted by Gasteiger charge is 2.14. The average molecular weight is 295 g/mol. The Bertz CT molecular complexity index is 544. The van der Waals surface area contributed by atoms with Crippen LogP contribution < -0.4 is 4.74 Å². The van der Waals surface area contributed by atoms with E-state index in [1.807, 2.05) is 26.1 Å². The van der Waals surface area contributed by atoms with Crippen molar-refractivity contribution in [3.63, 3.8) is 0 Å². The predicted octanol–water partition coefficient (Wildman–Crippen LogP) is 3.27. The van der Waals surface area contributed by atoms with E-state index in [1.54, 1.807) is 0 Å². The topological polar surface area (TPSA) is 38.3 Å². The number of benzene rings is 1. The molecular formula is C14H18FN3OS. The highest BCUT2D eigenvalue weighted by Crippen LogP contribution is 2.24. The van der Waals surface area contributed by atoms with Gasteiger partial charge in [-0.05, 0) is 38.6 Å². The Hall–Kier alpha value is -1.53. The first-order chi connectivity index (χ1) is 9.60. The van der Waals surface area contributed by atoms with Crippen LogP contribution in [0.1, 0.15) is 30.5 Å². The third-order valence-electron chi connectivity index (χ3n) is 3.11. The minimum Gasteiger partial charge on any atom is -0.469 e. The van der Waals surface area contributed by atoms with Gasteiger partial charge in [0.25, 0.3) is 5.19 Å². The summed E-state index contributed by atoms with van der Waals surface area (Å²) in [5, 5.41) is 9.59. The first kappa shape index (κ1) is 14.9. The zero-order valence-electron chi connectivity index (χ0n) is 11.8. The smallest absolute Gasteiger partial charge is 0.294 e. The fraction of sp³-hybridized carbons (Fsp3) is 0.429. The molecule has 6 heteroatoms. The maximum absolute atomic E-state index is 12.9. The van der Waals surface area contributed by atoms with E-state index in [0.717, 1.165) is 10.6 Å². The number of rotatable bonds is 6. The molecule has 0 N–H and O–H groups in total. The third kappa shape index (κ3) is 3.74. The summed E-state index contributed by atoms with van der Waals surface area (Å²) < 4.78 is 18.2. The Labute approximate surface area is 122 Å². The van der Waals surface area contributed by atoms with Crippen molar-refractivity contribution in [3.05, 3.63) is 40.7 Å². The summed E-state index contributed by atoms with van der Waals surface area (Å²) in [6, 6.07) is 6.76. The van der Waals surface area contributed by atoms with Crippen LogP contribution in [0.4, 0.5) is 4.39 Å². The summed E-state index contributed by atoms with van der Waals surface area (Å²) in [5.74, 6) is -0.214. The fourth-order valence-corrected chi connectivity index (χ4v) is 2.64. The minimum absolute atomic E-state index is 0.176. The zero-order chi connectivity index (χ0) is 14.5. The van der Waals surface area contributed by atoms with Gasteiger partial charge < -0.3 is 4.74 Å². The van der Waals surface area contributed by atoms with Gasteiger partial charge in [-0.2, -0.15) is 0 Å². The molecule has 0 unspecified atom stereocenters. The fourth-order valence-electron chi connectivity index (χ4n) is 1.83. The predicted molar refractivity (Wildman–Crippen MR) is 77.4 cm³/mol. The van der Waals surface area contributed by atoms with Gasteiger partial charge >= 0.3 is 0 Å². The molecule has 0 amide bonds. The average Bonchev–Trinajstić information content (AvgIpc) is 2.86. The molecule has 0 radical (unpaired) electrons. The Balaban J connectivity index is 1.99. The molecule has 20 heavy (non-hydrogen) atoms. The van der Waals surface area contributed by atoms with Gasteiger partial charge in [0.2, 0.25) is 0 Å². The van der Waals surface area contributed by atoms with Crippen molar-refractivity contribution in [1.82, 2.24) is 15.1 Å². The normalized spacial score (nSPS) is 12.7. The van der Waals surface area contributed by atoms with Crippen molar-refractivity contribution in [2.45, 2.75) is 26.4 Å². The number of aromatic nitrogens is 2. The summed E-state index contributed by atoms with van der Waals surface area (Å²) in [6.07, 6.45) is 0. The van der Waals surface area contributed by atoms with E-state index >= 15 is 0 Å². The van der Waals surface area contributed by atoms with E-state index in [2.05, 4.69) is 22.0 Å². The number of halogens is 1. The molecule has 0 fully saturated rings. The van der Waals surface area contributed by atoms with Crippen LogP contribution >= 0.6 is 11.3 Å². The quantitative estimate of drug-likeness (QED) is 0.820. The molecule has 0 aliphatic heterocycles. The lowest BCUT2D eigenvalue weighted by Gasteiger charge is -2.23. The molecule has 4 nitrogen and oxygen atoms in total. The first-order valence-electron chi connectivity index (χ1n) is 6.51. The van der Waals surface area contributed by atoms with Gasteiger partial charge in [-0.1, -0.05) is 23.5 Å². The van der Waals surface area contributed by atoms with E-state index in [-0.39, 0.29) is 11.9 Å². The van der Waals surface area contributed by atoms with Gasteiger partial charge in [0.05, 0.1) is 13.2 Å². The van der Waals surface area contributed by atoms with Crippen molar-refractivity contribution >= 4 is 11.3 Å². The summed E-state index contributed by atoms with van der Waals surface area (Å²) >= 11 is 1.45. The van der Waals surface area contributed by atoms with Crippen LogP contribution in [0.3, 0.4) is 0 Å². The number of hydrogen-bond donors (Lipinski definition) is 0. The molecule has 108 valence electrons. The van der Waals surface area contributed by atoms with E-state index < -0.39 is 0 Å². The third-order valence-corrected chi connectivity index (χ3v) is 3.93. The van der Waals surface area contributed by atoms with E-state index in [1.165, 1.54) is 23.5 Å². The van der Waals surface area contributed by atoms with Crippen LogP contribution in [-0.2, 0) is 6.54 Å². The second kappa shape index (κ2) is 6.76. The van der Waals surface area contributed by atoms with Crippen molar-refractivity contribution in [2.75, 3.05) is 13.7 Å². The van der Waals surface area contributed by atoms with Crippen LogP contribution in [-0.4, -0.2) is 28.8 Å². The largest absolute Gasteiger partial charge is 0.469 e. The standard InChI is InChI=1S/C14H18FN3OS/c1-4-19-14-17-16-13(20-14)9-18(3)10(2)11-5-7-12(15)8-6-11/h5-8,10H,4,9H2,1-3H3/t10-/m1/s1. The van der Waals surface area contributed by atoms with Crippen molar-refractivity contribution in [1.29, 1.82) is 0 Å². The molecule has 1 heterocycles. The lowest BCUT2D eigenvalue weighted by atomic mass is 10.1. The summed E-state index contributed by atoms with van der Waals surface area (Å²) in [6.45, 7) is 5.28. The molecule has 0 saturated carbocycles. The zero-order valence-corrected chi connectivity index (χ0v) is 12.7. The molecule has 0 aliphatic carbocycles. The lowest BCUT2D eigenvalue weighted by molar-refractivity contribution is 0.252. The van der Waals surface area contributed by atoms with Gasteiger partial charge in [0, 0.05) is 6.04 Å². The summed E-state index contributed by atoms with van der Waals surface area (Å²) in [5.41, 5.74) is 1.07. The van der Waals surface area contributed by atoms with E-state index in [0.29, 0.717) is 18.3 Å². The molecule has 0 bridgehead atoms. The van der Waals surface area contributed by atoms with Crippen LogP contribution in [0.2, 0.25) is 0 Å². The monoisotopic (exact) mass is 295 g/mol. The number of nitrogens with zero attached hydrogens (tertiary/aromatic N) is 3. The highest BCUT2D eigenvalue weighted by molar-refractivity contribution is 7.13. The molecule has 2 rings (SSSR count). The van der Waals surface area contributed by atoms with Crippen LogP contribution in [0.25, 0.3) is 0 Å².